The highest BCUT2D eigenvalue weighted by Crippen LogP contribution is 2.22. The summed E-state index contributed by atoms with van der Waals surface area (Å²) in [7, 11) is 6.04. The van der Waals surface area contributed by atoms with Crippen molar-refractivity contribution in [2.24, 2.45) is 5.41 Å². The van der Waals surface area contributed by atoms with Gasteiger partial charge in [0.1, 0.15) is 0 Å². The van der Waals surface area contributed by atoms with E-state index in [9.17, 15) is 4.79 Å². The lowest BCUT2D eigenvalue weighted by Gasteiger charge is -2.32. The van der Waals surface area contributed by atoms with Crippen molar-refractivity contribution in [2.45, 2.75) is 46.1 Å². The van der Waals surface area contributed by atoms with Crippen LogP contribution in [-0.2, 0) is 4.79 Å². The number of carbonyl (C=O) groups is 1. The second-order valence-corrected chi connectivity index (χ2v) is 6.29. The molecule has 0 aliphatic heterocycles. The van der Waals surface area contributed by atoms with Gasteiger partial charge in [-0.2, -0.15) is 0 Å². The van der Waals surface area contributed by atoms with Gasteiger partial charge in [0.2, 0.25) is 5.91 Å². The molecule has 0 aromatic heterocycles. The van der Waals surface area contributed by atoms with Crippen LogP contribution in [0, 0.1) is 5.41 Å². The lowest BCUT2D eigenvalue weighted by atomic mass is 9.84. The van der Waals surface area contributed by atoms with E-state index in [-0.39, 0.29) is 17.4 Å². The van der Waals surface area contributed by atoms with E-state index in [0.717, 1.165) is 25.9 Å². The van der Waals surface area contributed by atoms with Crippen LogP contribution in [0.25, 0.3) is 0 Å². The molecule has 0 aliphatic rings. The zero-order chi connectivity index (χ0) is 14.2. The summed E-state index contributed by atoms with van der Waals surface area (Å²) in [6, 6.07) is 0.238. The average molecular weight is 257 g/mol. The quantitative estimate of drug-likeness (QED) is 0.647. The molecule has 108 valence electrons. The fraction of sp³-hybridized carbons (Fsp3) is 0.929. The van der Waals surface area contributed by atoms with E-state index >= 15 is 0 Å². The molecule has 0 saturated heterocycles. The number of nitrogens with zero attached hydrogens (tertiary/aromatic N) is 1. The molecule has 1 unspecified atom stereocenters. The van der Waals surface area contributed by atoms with E-state index in [0.29, 0.717) is 6.42 Å². The number of rotatable bonds is 8. The molecule has 0 fully saturated rings. The molecule has 0 spiro atoms. The number of carbonyl (C=O) groups excluding carboxylic acids is 1. The van der Waals surface area contributed by atoms with Crippen LogP contribution in [0.4, 0.5) is 0 Å². The van der Waals surface area contributed by atoms with Gasteiger partial charge in [-0.1, -0.05) is 20.8 Å². The summed E-state index contributed by atoms with van der Waals surface area (Å²) >= 11 is 0. The molecule has 0 heterocycles. The van der Waals surface area contributed by atoms with E-state index in [1.54, 1.807) is 0 Å². The fourth-order valence-corrected chi connectivity index (χ4v) is 1.80. The SMILES string of the molecule is CNCCCC(=O)NC(CCN(C)C)C(C)(C)C. The third-order valence-corrected chi connectivity index (χ3v) is 3.08. The summed E-state index contributed by atoms with van der Waals surface area (Å²) in [5.41, 5.74) is 0.106. The molecule has 1 atom stereocenters. The second-order valence-electron chi connectivity index (χ2n) is 6.29. The maximum atomic E-state index is 11.9. The molecule has 1 amide bonds. The van der Waals surface area contributed by atoms with E-state index in [1.165, 1.54) is 0 Å². The van der Waals surface area contributed by atoms with Crippen LogP contribution in [0.15, 0.2) is 0 Å². The topological polar surface area (TPSA) is 44.4 Å². The number of hydrogen-bond acceptors (Lipinski definition) is 3. The van der Waals surface area contributed by atoms with Crippen LogP contribution in [0.5, 0.6) is 0 Å². The molecule has 0 aromatic carbocycles. The lowest BCUT2D eigenvalue weighted by molar-refractivity contribution is -0.122. The zero-order valence-corrected chi connectivity index (χ0v) is 13.0. The van der Waals surface area contributed by atoms with Gasteiger partial charge in [-0.05, 0) is 52.5 Å². The lowest BCUT2D eigenvalue weighted by Crippen LogP contribution is -2.45. The Kier molecular flexibility index (Phi) is 8.20. The Morgan fingerprint density at radius 1 is 1.28 bits per heavy atom. The molecule has 0 bridgehead atoms. The van der Waals surface area contributed by atoms with Gasteiger partial charge in [0, 0.05) is 12.5 Å². The molecule has 0 aromatic rings. The summed E-state index contributed by atoms with van der Waals surface area (Å²) in [5.74, 6) is 0.170. The molecular weight excluding hydrogens is 226 g/mol. The Balaban J connectivity index is 4.19. The largest absolute Gasteiger partial charge is 0.353 e. The molecule has 0 saturated carbocycles. The van der Waals surface area contributed by atoms with Crippen LogP contribution >= 0.6 is 0 Å². The van der Waals surface area contributed by atoms with Crippen LogP contribution in [0.1, 0.15) is 40.0 Å². The Bertz CT molecular complexity index is 234. The third-order valence-electron chi connectivity index (χ3n) is 3.08. The number of amides is 1. The van der Waals surface area contributed by atoms with Gasteiger partial charge in [0.05, 0.1) is 0 Å². The minimum Gasteiger partial charge on any atom is -0.353 e. The Morgan fingerprint density at radius 3 is 2.33 bits per heavy atom. The molecular formula is C14H31N3O. The van der Waals surface area contributed by atoms with E-state index in [1.807, 2.05) is 7.05 Å². The standard InChI is InChI=1S/C14H31N3O/c1-14(2,3)12(9-11-17(5)6)16-13(18)8-7-10-15-4/h12,15H,7-11H2,1-6H3,(H,16,18). The first-order valence-electron chi connectivity index (χ1n) is 6.86. The van der Waals surface area contributed by atoms with Crippen LogP contribution < -0.4 is 10.6 Å². The number of hydrogen-bond donors (Lipinski definition) is 2. The maximum Gasteiger partial charge on any atom is 0.220 e. The normalized spacial score (nSPS) is 13.7. The van der Waals surface area contributed by atoms with Crippen LogP contribution in [0.2, 0.25) is 0 Å². The molecule has 0 aliphatic carbocycles. The first kappa shape index (κ1) is 17.4. The first-order chi connectivity index (χ1) is 8.27. The molecule has 4 nitrogen and oxygen atoms in total. The molecule has 0 radical (unpaired) electrons. The van der Waals surface area contributed by atoms with E-state index < -0.39 is 0 Å². The monoisotopic (exact) mass is 257 g/mol. The van der Waals surface area contributed by atoms with Gasteiger partial charge in [0.15, 0.2) is 0 Å². The van der Waals surface area contributed by atoms with Crippen molar-refractivity contribution < 1.29 is 4.79 Å². The van der Waals surface area contributed by atoms with Crippen molar-refractivity contribution in [3.05, 3.63) is 0 Å². The average Bonchev–Trinajstić information content (AvgIpc) is 2.22. The summed E-state index contributed by atoms with van der Waals surface area (Å²) in [5, 5.41) is 6.24. The van der Waals surface area contributed by atoms with Crippen LogP contribution in [-0.4, -0.2) is 51.1 Å². The Hall–Kier alpha value is -0.610. The third kappa shape index (κ3) is 8.48. The molecule has 18 heavy (non-hydrogen) atoms. The predicted molar refractivity (Wildman–Crippen MR) is 77.7 cm³/mol. The van der Waals surface area contributed by atoms with Crippen molar-refractivity contribution in [1.29, 1.82) is 0 Å². The predicted octanol–water partition coefficient (Wildman–Crippen LogP) is 1.47. The van der Waals surface area contributed by atoms with Gasteiger partial charge < -0.3 is 15.5 Å². The molecule has 4 heteroatoms. The van der Waals surface area contributed by atoms with Gasteiger partial charge >= 0.3 is 0 Å². The van der Waals surface area contributed by atoms with E-state index in [4.69, 9.17) is 0 Å². The minimum absolute atomic E-state index is 0.106. The Morgan fingerprint density at radius 2 is 1.89 bits per heavy atom. The van der Waals surface area contributed by atoms with Gasteiger partial charge in [-0.25, -0.2) is 0 Å². The van der Waals surface area contributed by atoms with Gasteiger partial charge in [-0.3, -0.25) is 4.79 Å². The maximum absolute atomic E-state index is 11.9. The fourth-order valence-electron chi connectivity index (χ4n) is 1.80. The number of nitrogens with one attached hydrogen (secondary N) is 2. The Labute approximate surface area is 113 Å². The van der Waals surface area contributed by atoms with Crippen molar-refractivity contribution >= 4 is 5.91 Å². The van der Waals surface area contributed by atoms with Crippen molar-refractivity contribution in [3.8, 4) is 0 Å². The first-order valence-corrected chi connectivity index (χ1v) is 6.86. The summed E-state index contributed by atoms with van der Waals surface area (Å²) in [4.78, 5) is 14.0. The highest BCUT2D eigenvalue weighted by atomic mass is 16.1. The van der Waals surface area contributed by atoms with Crippen LogP contribution in [0.3, 0.4) is 0 Å². The second kappa shape index (κ2) is 8.48. The zero-order valence-electron chi connectivity index (χ0n) is 13.0. The van der Waals surface area contributed by atoms with Crippen molar-refractivity contribution in [1.82, 2.24) is 15.5 Å². The smallest absolute Gasteiger partial charge is 0.220 e. The molecule has 0 rings (SSSR count). The molecule has 2 N–H and O–H groups in total. The minimum atomic E-state index is 0.106. The highest BCUT2D eigenvalue weighted by molar-refractivity contribution is 5.76. The highest BCUT2D eigenvalue weighted by Gasteiger charge is 2.25. The summed E-state index contributed by atoms with van der Waals surface area (Å²) in [6.07, 6.45) is 2.50. The van der Waals surface area contributed by atoms with Crippen molar-refractivity contribution in [3.63, 3.8) is 0 Å². The summed E-state index contributed by atoms with van der Waals surface area (Å²) in [6.45, 7) is 8.44. The van der Waals surface area contributed by atoms with E-state index in [2.05, 4.69) is 50.4 Å². The van der Waals surface area contributed by atoms with Gasteiger partial charge in [-0.15, -0.1) is 0 Å². The van der Waals surface area contributed by atoms with Crippen molar-refractivity contribution in [2.75, 3.05) is 34.2 Å². The van der Waals surface area contributed by atoms with Gasteiger partial charge in [0.25, 0.3) is 0 Å². The summed E-state index contributed by atoms with van der Waals surface area (Å²) < 4.78 is 0.